The average molecular weight is 502 g/mol. The summed E-state index contributed by atoms with van der Waals surface area (Å²) in [4.78, 5) is 41.0. The highest BCUT2D eigenvalue weighted by Gasteiger charge is 2.36. The molecule has 1 unspecified atom stereocenters. The Morgan fingerprint density at radius 1 is 1.18 bits per heavy atom. The summed E-state index contributed by atoms with van der Waals surface area (Å²) in [6, 6.07) is 8.40. The molecule has 2 aromatic heterocycles. The van der Waals surface area contributed by atoms with E-state index in [4.69, 9.17) is 11.5 Å². The van der Waals surface area contributed by atoms with Gasteiger partial charge < -0.3 is 21.7 Å². The van der Waals surface area contributed by atoms with Gasteiger partial charge in [0.25, 0.3) is 11.8 Å². The zero-order valence-corrected chi connectivity index (χ0v) is 19.8. The van der Waals surface area contributed by atoms with Crippen molar-refractivity contribution < 1.29 is 18.8 Å². The predicted octanol–water partition coefficient (Wildman–Crippen LogP) is 3.47. The molecule has 0 saturated heterocycles. The van der Waals surface area contributed by atoms with E-state index in [1.54, 1.807) is 18.2 Å². The maximum atomic E-state index is 13.8. The van der Waals surface area contributed by atoms with Crippen molar-refractivity contribution in [2.45, 2.75) is 44.3 Å². The number of nitrogens with zero attached hydrogens (tertiary/aromatic N) is 2. The number of hydrogen-bond donors (Lipinski definition) is 3. The summed E-state index contributed by atoms with van der Waals surface area (Å²) in [6.07, 6.45) is 3.86. The highest BCUT2D eigenvalue weighted by atomic mass is 32.1. The van der Waals surface area contributed by atoms with Gasteiger partial charge in [0.2, 0.25) is 5.91 Å². The monoisotopic (exact) mass is 501 g/mol. The average Bonchev–Trinajstić information content (AvgIpc) is 3.57. The number of amides is 3. The number of nitrogens with one attached hydrogen (secondary N) is 1. The molecule has 4 rings (SSSR count). The van der Waals surface area contributed by atoms with Gasteiger partial charge in [0.15, 0.2) is 5.69 Å². The highest BCUT2D eigenvalue weighted by Crippen LogP contribution is 2.32. The van der Waals surface area contributed by atoms with Crippen LogP contribution >= 0.6 is 22.9 Å². The fraction of sp³-hybridized carbons (Fsp3) is 0.304. The Labute approximate surface area is 203 Å². The van der Waals surface area contributed by atoms with Crippen LogP contribution in [0.25, 0.3) is 0 Å². The van der Waals surface area contributed by atoms with Crippen LogP contribution in [0.5, 0.6) is 0 Å². The molecule has 11 heteroatoms. The first-order valence-corrected chi connectivity index (χ1v) is 12.4. The number of aromatic nitrogens is 1. The van der Waals surface area contributed by atoms with E-state index in [2.05, 4.69) is 9.69 Å². The second kappa shape index (κ2) is 10.3. The molecule has 0 spiro atoms. The van der Waals surface area contributed by atoms with E-state index >= 15 is 0 Å². The summed E-state index contributed by atoms with van der Waals surface area (Å²) >= 11 is 2.11. The molecule has 5 N–H and O–H groups in total. The summed E-state index contributed by atoms with van der Waals surface area (Å²) in [6.45, 7) is 0.0169. The van der Waals surface area contributed by atoms with Crippen LogP contribution in [-0.2, 0) is 11.3 Å². The lowest BCUT2D eigenvalue weighted by Crippen LogP contribution is -2.45. The number of hydrogen-bond acceptors (Lipinski definition) is 7. The number of anilines is 1. The Balaban J connectivity index is 1.74. The first-order chi connectivity index (χ1) is 16.3. The largest absolute Gasteiger partial charge is 0.395 e. The minimum absolute atomic E-state index is 0.0169. The van der Waals surface area contributed by atoms with Gasteiger partial charge in [-0.2, -0.15) is 4.37 Å². The van der Waals surface area contributed by atoms with Gasteiger partial charge in [-0.25, -0.2) is 4.39 Å². The van der Waals surface area contributed by atoms with Crippen LogP contribution < -0.4 is 16.8 Å². The molecule has 1 aliphatic carbocycles. The second-order valence-corrected chi connectivity index (χ2v) is 9.86. The molecule has 34 heavy (non-hydrogen) atoms. The van der Waals surface area contributed by atoms with Gasteiger partial charge in [0.05, 0.1) is 5.69 Å². The van der Waals surface area contributed by atoms with Crippen molar-refractivity contribution in [1.29, 1.82) is 0 Å². The quantitative estimate of drug-likeness (QED) is 0.435. The van der Waals surface area contributed by atoms with Gasteiger partial charge in [0, 0.05) is 17.5 Å². The molecule has 0 bridgehead atoms. The van der Waals surface area contributed by atoms with E-state index in [9.17, 15) is 18.8 Å². The van der Waals surface area contributed by atoms with Gasteiger partial charge in [-0.15, -0.1) is 11.3 Å². The van der Waals surface area contributed by atoms with E-state index in [1.807, 2.05) is 11.4 Å². The van der Waals surface area contributed by atoms with E-state index in [1.165, 1.54) is 28.4 Å². The molecule has 1 atom stereocenters. The smallest absolute Gasteiger partial charge is 0.270 e. The number of thiophene rings is 1. The molecule has 3 aromatic rings. The van der Waals surface area contributed by atoms with E-state index in [0.29, 0.717) is 10.4 Å². The Morgan fingerprint density at radius 3 is 2.47 bits per heavy atom. The molecule has 0 radical (unpaired) electrons. The number of nitrogens with two attached hydrogens (primary N) is 2. The van der Waals surface area contributed by atoms with Crippen LogP contribution in [0.3, 0.4) is 0 Å². The lowest BCUT2D eigenvalue weighted by Gasteiger charge is -2.31. The standard InChI is InChI=1S/C23H24FN5O3S2/c24-14-9-7-13(8-10-14)12-29(23(32)20-17(25)18(21(26)30)28-34-20)19(16-6-3-11-33-16)22(31)27-15-4-1-2-5-15/h3,6-11,15,19H,1-2,4-5,12,25H2,(H2,26,30)(H,27,31). The number of rotatable bonds is 8. The van der Waals surface area contributed by atoms with Crippen molar-refractivity contribution in [1.82, 2.24) is 14.6 Å². The second-order valence-electron chi connectivity index (χ2n) is 8.11. The molecule has 1 fully saturated rings. The number of halogens is 1. The first-order valence-electron chi connectivity index (χ1n) is 10.8. The highest BCUT2D eigenvalue weighted by molar-refractivity contribution is 7.10. The van der Waals surface area contributed by atoms with Crippen LogP contribution in [0.15, 0.2) is 41.8 Å². The van der Waals surface area contributed by atoms with Gasteiger partial charge in [-0.3, -0.25) is 14.4 Å². The van der Waals surface area contributed by atoms with Crippen molar-refractivity contribution in [3.05, 3.63) is 68.6 Å². The molecule has 2 heterocycles. The summed E-state index contributed by atoms with van der Waals surface area (Å²) in [5, 5.41) is 4.91. The molecular weight excluding hydrogens is 477 g/mol. The summed E-state index contributed by atoms with van der Waals surface area (Å²) in [5.74, 6) is -2.12. The minimum Gasteiger partial charge on any atom is -0.395 e. The van der Waals surface area contributed by atoms with Gasteiger partial charge >= 0.3 is 0 Å². The molecule has 1 aromatic carbocycles. The van der Waals surface area contributed by atoms with Crippen LogP contribution in [0.1, 0.15) is 62.3 Å². The maximum absolute atomic E-state index is 13.8. The predicted molar refractivity (Wildman–Crippen MR) is 129 cm³/mol. The zero-order valence-electron chi connectivity index (χ0n) is 18.2. The van der Waals surface area contributed by atoms with E-state index < -0.39 is 23.7 Å². The Kier molecular flexibility index (Phi) is 7.23. The molecule has 8 nitrogen and oxygen atoms in total. The third kappa shape index (κ3) is 5.10. The first kappa shape index (κ1) is 23.8. The molecular formula is C23H24FN5O3S2. The number of carbonyl (C=O) groups excluding carboxylic acids is 3. The third-order valence-corrected chi connectivity index (χ3v) is 7.53. The topological polar surface area (TPSA) is 131 Å². The molecule has 0 aliphatic heterocycles. The molecule has 1 aliphatic rings. The van der Waals surface area contributed by atoms with Gasteiger partial charge in [0.1, 0.15) is 16.7 Å². The minimum atomic E-state index is -0.948. The fourth-order valence-electron chi connectivity index (χ4n) is 4.05. The molecule has 3 amide bonds. The van der Waals surface area contributed by atoms with Crippen molar-refractivity contribution in [2.75, 3.05) is 5.73 Å². The van der Waals surface area contributed by atoms with Gasteiger partial charge in [-0.1, -0.05) is 31.0 Å². The number of primary amides is 1. The molecule has 178 valence electrons. The van der Waals surface area contributed by atoms with Crippen LogP contribution in [0.4, 0.5) is 10.1 Å². The SMILES string of the molecule is NC(=O)c1nsc(C(=O)N(Cc2ccc(F)cc2)C(C(=O)NC2CCCC2)c2cccs2)c1N. The van der Waals surface area contributed by atoms with Crippen LogP contribution in [-0.4, -0.2) is 33.0 Å². The molecule has 1 saturated carbocycles. The van der Waals surface area contributed by atoms with Crippen molar-refractivity contribution in [3.8, 4) is 0 Å². The van der Waals surface area contributed by atoms with Crippen LogP contribution in [0, 0.1) is 5.82 Å². The van der Waals surface area contributed by atoms with E-state index in [-0.39, 0.29) is 34.8 Å². The van der Waals surface area contributed by atoms with Crippen molar-refractivity contribution in [3.63, 3.8) is 0 Å². The van der Waals surface area contributed by atoms with Crippen molar-refractivity contribution in [2.24, 2.45) is 5.73 Å². The number of nitrogen functional groups attached to an aromatic ring is 1. The maximum Gasteiger partial charge on any atom is 0.270 e. The Hall–Kier alpha value is -3.31. The van der Waals surface area contributed by atoms with Gasteiger partial charge in [-0.05, 0) is 53.5 Å². The lowest BCUT2D eigenvalue weighted by atomic mass is 10.1. The number of carbonyl (C=O) groups is 3. The summed E-state index contributed by atoms with van der Waals surface area (Å²) < 4.78 is 17.4. The third-order valence-electron chi connectivity index (χ3n) is 5.76. The van der Waals surface area contributed by atoms with E-state index in [0.717, 1.165) is 37.2 Å². The summed E-state index contributed by atoms with van der Waals surface area (Å²) in [5.41, 5.74) is 11.7. The van der Waals surface area contributed by atoms with Crippen LogP contribution in [0.2, 0.25) is 0 Å². The summed E-state index contributed by atoms with van der Waals surface area (Å²) in [7, 11) is 0. The zero-order chi connectivity index (χ0) is 24.2. The fourth-order valence-corrected chi connectivity index (χ4v) is 5.64. The lowest BCUT2D eigenvalue weighted by molar-refractivity contribution is -0.126. The van der Waals surface area contributed by atoms with Crippen molar-refractivity contribution >= 4 is 46.3 Å². The normalized spacial score (nSPS) is 14.6. The Bertz CT molecular complexity index is 1170. The Morgan fingerprint density at radius 2 is 1.88 bits per heavy atom. The number of benzene rings is 1.